The van der Waals surface area contributed by atoms with Gasteiger partial charge in [0.1, 0.15) is 6.04 Å². The Morgan fingerprint density at radius 3 is 2.43 bits per heavy atom. The van der Waals surface area contributed by atoms with Crippen LogP contribution < -0.4 is 10.6 Å². The van der Waals surface area contributed by atoms with Gasteiger partial charge in [-0.3, -0.25) is 14.9 Å². The second-order valence-corrected chi connectivity index (χ2v) is 5.28. The SMILES string of the molecule is CNC(=O)CN[C@H](C(=O)N1CCCCC1)c1ccccc1. The third-order valence-electron chi connectivity index (χ3n) is 3.79. The van der Waals surface area contributed by atoms with Crippen LogP contribution in [0.2, 0.25) is 0 Å². The minimum Gasteiger partial charge on any atom is -0.358 e. The van der Waals surface area contributed by atoms with Crippen LogP contribution >= 0.6 is 0 Å². The molecule has 5 heteroatoms. The maximum Gasteiger partial charge on any atom is 0.244 e. The largest absolute Gasteiger partial charge is 0.358 e. The number of piperidine rings is 1. The standard InChI is InChI=1S/C16H23N3O2/c1-17-14(20)12-18-15(13-8-4-2-5-9-13)16(21)19-10-6-3-7-11-19/h2,4-5,8-9,15,18H,3,6-7,10-12H2,1H3,(H,17,20)/t15-/m0/s1. The molecule has 1 heterocycles. The van der Waals surface area contributed by atoms with Crippen molar-refractivity contribution >= 4 is 11.8 Å². The van der Waals surface area contributed by atoms with Crippen molar-refractivity contribution < 1.29 is 9.59 Å². The summed E-state index contributed by atoms with van der Waals surface area (Å²) in [4.78, 5) is 26.1. The summed E-state index contributed by atoms with van der Waals surface area (Å²) in [6, 6.07) is 9.12. The monoisotopic (exact) mass is 289 g/mol. The third-order valence-corrected chi connectivity index (χ3v) is 3.79. The van der Waals surface area contributed by atoms with Crippen molar-refractivity contribution in [3.05, 3.63) is 35.9 Å². The Morgan fingerprint density at radius 2 is 1.81 bits per heavy atom. The maximum absolute atomic E-state index is 12.7. The summed E-state index contributed by atoms with van der Waals surface area (Å²) in [5, 5.41) is 5.64. The molecule has 2 rings (SSSR count). The second-order valence-electron chi connectivity index (χ2n) is 5.28. The van der Waals surface area contributed by atoms with E-state index in [2.05, 4.69) is 10.6 Å². The van der Waals surface area contributed by atoms with E-state index in [0.29, 0.717) is 0 Å². The lowest BCUT2D eigenvalue weighted by molar-refractivity contribution is -0.134. The van der Waals surface area contributed by atoms with Gasteiger partial charge in [-0.05, 0) is 24.8 Å². The molecule has 21 heavy (non-hydrogen) atoms. The molecule has 1 aliphatic heterocycles. The van der Waals surface area contributed by atoms with E-state index in [1.54, 1.807) is 7.05 Å². The van der Waals surface area contributed by atoms with E-state index >= 15 is 0 Å². The van der Waals surface area contributed by atoms with Crippen LogP contribution in [0.1, 0.15) is 30.9 Å². The highest BCUT2D eigenvalue weighted by Gasteiger charge is 2.26. The van der Waals surface area contributed by atoms with Gasteiger partial charge >= 0.3 is 0 Å². The van der Waals surface area contributed by atoms with Crippen LogP contribution in [0, 0.1) is 0 Å². The number of likely N-dealkylation sites (tertiary alicyclic amines) is 1. The third kappa shape index (κ3) is 4.29. The molecule has 2 N–H and O–H groups in total. The molecule has 0 saturated carbocycles. The van der Waals surface area contributed by atoms with Crippen LogP contribution in [0.5, 0.6) is 0 Å². The van der Waals surface area contributed by atoms with Gasteiger partial charge in [-0.15, -0.1) is 0 Å². The van der Waals surface area contributed by atoms with Crippen LogP contribution in [-0.2, 0) is 9.59 Å². The first kappa shape index (κ1) is 15.5. The Morgan fingerprint density at radius 1 is 1.14 bits per heavy atom. The molecule has 1 aromatic rings. The minimum atomic E-state index is -0.457. The topological polar surface area (TPSA) is 61.4 Å². The molecule has 1 atom stereocenters. The molecule has 1 aromatic carbocycles. The van der Waals surface area contributed by atoms with Crippen LogP contribution in [0.4, 0.5) is 0 Å². The molecule has 0 spiro atoms. The van der Waals surface area contributed by atoms with Gasteiger partial charge < -0.3 is 10.2 Å². The van der Waals surface area contributed by atoms with Crippen molar-refractivity contribution in [2.24, 2.45) is 0 Å². The molecule has 0 unspecified atom stereocenters. The van der Waals surface area contributed by atoms with Crippen LogP contribution in [0.3, 0.4) is 0 Å². The first-order valence-electron chi connectivity index (χ1n) is 7.50. The van der Waals surface area contributed by atoms with Crippen LogP contribution in [0.15, 0.2) is 30.3 Å². The van der Waals surface area contributed by atoms with Crippen LogP contribution in [0.25, 0.3) is 0 Å². The molecule has 1 aliphatic rings. The Labute approximate surface area is 125 Å². The van der Waals surface area contributed by atoms with E-state index in [1.807, 2.05) is 35.2 Å². The molecule has 5 nitrogen and oxygen atoms in total. The van der Waals surface area contributed by atoms with Gasteiger partial charge in [0.15, 0.2) is 0 Å². The Balaban J connectivity index is 2.10. The van der Waals surface area contributed by atoms with Crippen molar-refractivity contribution in [3.63, 3.8) is 0 Å². The first-order valence-corrected chi connectivity index (χ1v) is 7.50. The molecule has 1 saturated heterocycles. The van der Waals surface area contributed by atoms with Crippen molar-refractivity contribution in [2.75, 3.05) is 26.7 Å². The Bertz CT molecular complexity index is 470. The van der Waals surface area contributed by atoms with E-state index in [9.17, 15) is 9.59 Å². The van der Waals surface area contributed by atoms with Crippen molar-refractivity contribution in [1.82, 2.24) is 15.5 Å². The van der Waals surface area contributed by atoms with E-state index < -0.39 is 6.04 Å². The van der Waals surface area contributed by atoms with Gasteiger partial charge in [0.25, 0.3) is 0 Å². The average Bonchev–Trinajstić information content (AvgIpc) is 2.56. The van der Waals surface area contributed by atoms with Crippen molar-refractivity contribution in [2.45, 2.75) is 25.3 Å². The highest BCUT2D eigenvalue weighted by atomic mass is 16.2. The fourth-order valence-corrected chi connectivity index (χ4v) is 2.57. The highest BCUT2D eigenvalue weighted by molar-refractivity contribution is 5.85. The maximum atomic E-state index is 12.7. The lowest BCUT2D eigenvalue weighted by Gasteiger charge is -2.31. The number of carbonyl (C=O) groups is 2. The summed E-state index contributed by atoms with van der Waals surface area (Å²) in [7, 11) is 1.59. The summed E-state index contributed by atoms with van der Waals surface area (Å²) < 4.78 is 0. The molecule has 0 radical (unpaired) electrons. The lowest BCUT2D eigenvalue weighted by atomic mass is 10.0. The summed E-state index contributed by atoms with van der Waals surface area (Å²) in [6.07, 6.45) is 3.30. The number of hydrogen-bond donors (Lipinski definition) is 2. The molecule has 0 aromatic heterocycles. The van der Waals surface area contributed by atoms with E-state index in [4.69, 9.17) is 0 Å². The fraction of sp³-hybridized carbons (Fsp3) is 0.500. The zero-order chi connectivity index (χ0) is 15.1. The minimum absolute atomic E-state index is 0.0600. The Kier molecular flexibility index (Phi) is 5.75. The predicted molar refractivity (Wildman–Crippen MR) is 81.7 cm³/mol. The second kappa shape index (κ2) is 7.78. The highest BCUT2D eigenvalue weighted by Crippen LogP contribution is 2.18. The number of rotatable bonds is 5. The molecule has 114 valence electrons. The van der Waals surface area contributed by atoms with Crippen molar-refractivity contribution in [1.29, 1.82) is 0 Å². The Hall–Kier alpha value is -1.88. The smallest absolute Gasteiger partial charge is 0.244 e. The zero-order valence-corrected chi connectivity index (χ0v) is 12.5. The number of nitrogens with zero attached hydrogens (tertiary/aromatic N) is 1. The summed E-state index contributed by atoms with van der Waals surface area (Å²) in [6.45, 7) is 1.75. The summed E-state index contributed by atoms with van der Waals surface area (Å²) >= 11 is 0. The summed E-state index contributed by atoms with van der Waals surface area (Å²) in [5.41, 5.74) is 0.900. The average molecular weight is 289 g/mol. The fourth-order valence-electron chi connectivity index (χ4n) is 2.57. The number of carbonyl (C=O) groups excluding carboxylic acids is 2. The van der Waals surface area contributed by atoms with Gasteiger partial charge in [-0.25, -0.2) is 0 Å². The van der Waals surface area contributed by atoms with E-state index in [1.165, 1.54) is 6.42 Å². The van der Waals surface area contributed by atoms with E-state index in [-0.39, 0.29) is 18.4 Å². The van der Waals surface area contributed by atoms with Gasteiger partial charge in [-0.1, -0.05) is 30.3 Å². The molecule has 2 amide bonds. The van der Waals surface area contributed by atoms with E-state index in [0.717, 1.165) is 31.5 Å². The van der Waals surface area contributed by atoms with Crippen LogP contribution in [-0.4, -0.2) is 43.4 Å². The van der Waals surface area contributed by atoms with Gasteiger partial charge in [0.05, 0.1) is 6.54 Å². The summed E-state index contributed by atoms with van der Waals surface area (Å²) in [5.74, 6) is -0.0628. The molecule has 0 bridgehead atoms. The quantitative estimate of drug-likeness (QED) is 0.852. The molecular formula is C16H23N3O2. The predicted octanol–water partition coefficient (Wildman–Crippen LogP) is 1.08. The van der Waals surface area contributed by atoms with Gasteiger partial charge in [0, 0.05) is 20.1 Å². The number of amides is 2. The van der Waals surface area contributed by atoms with Gasteiger partial charge in [0.2, 0.25) is 11.8 Å². The number of benzene rings is 1. The first-order chi connectivity index (χ1) is 10.2. The number of nitrogens with one attached hydrogen (secondary N) is 2. The van der Waals surface area contributed by atoms with Gasteiger partial charge in [-0.2, -0.15) is 0 Å². The normalized spacial score (nSPS) is 16.3. The van der Waals surface area contributed by atoms with Crippen molar-refractivity contribution in [3.8, 4) is 0 Å². The lowest BCUT2D eigenvalue weighted by Crippen LogP contribution is -2.45. The number of hydrogen-bond acceptors (Lipinski definition) is 3. The zero-order valence-electron chi connectivity index (χ0n) is 12.5. The molecular weight excluding hydrogens is 266 g/mol. The molecule has 1 fully saturated rings. The molecule has 0 aliphatic carbocycles. The number of likely N-dealkylation sites (N-methyl/N-ethyl adjacent to an activating group) is 1.